The lowest BCUT2D eigenvalue weighted by molar-refractivity contribution is 0.102. The third kappa shape index (κ3) is 6.30. The van der Waals surface area contributed by atoms with Crippen LogP contribution in [0.2, 0.25) is 0 Å². The molecule has 0 spiro atoms. The Balaban J connectivity index is 1.49. The lowest BCUT2D eigenvalue weighted by Crippen LogP contribution is -2.13. The predicted octanol–water partition coefficient (Wildman–Crippen LogP) is 7.84. The molecule has 0 fully saturated rings. The van der Waals surface area contributed by atoms with Gasteiger partial charge < -0.3 is 0 Å². The molecule has 0 aromatic heterocycles. The van der Waals surface area contributed by atoms with Crippen LogP contribution in [-0.4, -0.2) is 28.9 Å². The molecule has 0 N–H and O–H groups in total. The monoisotopic (exact) mass is 598 g/mol. The molecule has 0 bridgehead atoms. The first kappa shape index (κ1) is 29.7. The number of ketones is 5. The summed E-state index contributed by atoms with van der Waals surface area (Å²) < 4.78 is 0. The van der Waals surface area contributed by atoms with Gasteiger partial charge in [0.25, 0.3) is 0 Å². The van der Waals surface area contributed by atoms with Crippen LogP contribution in [0.15, 0.2) is 158 Å². The average Bonchev–Trinajstić information content (AvgIpc) is 3.14. The van der Waals surface area contributed by atoms with Crippen LogP contribution >= 0.6 is 0 Å². The van der Waals surface area contributed by atoms with E-state index in [0.29, 0.717) is 22.3 Å². The van der Waals surface area contributed by atoms with Gasteiger partial charge >= 0.3 is 0 Å². The molecule has 0 aliphatic carbocycles. The molecule has 220 valence electrons. The smallest absolute Gasteiger partial charge is 0.193 e. The average molecular weight is 599 g/mol. The van der Waals surface area contributed by atoms with Crippen LogP contribution in [0.3, 0.4) is 0 Å². The fraction of sp³-hybridized carbons (Fsp3) is 0. The molecule has 0 heterocycles. The Bertz CT molecular complexity index is 1810. The second kappa shape index (κ2) is 13.1. The number of carbonyl (C=O) groups is 5. The molecule has 5 nitrogen and oxygen atoms in total. The molecular weight excluding hydrogens is 572 g/mol. The van der Waals surface area contributed by atoms with Gasteiger partial charge in [-0.25, -0.2) is 0 Å². The van der Waals surface area contributed by atoms with E-state index < -0.39 is 5.78 Å². The molecule has 0 radical (unpaired) electrons. The van der Waals surface area contributed by atoms with Gasteiger partial charge in [0.15, 0.2) is 28.9 Å². The highest BCUT2D eigenvalue weighted by molar-refractivity contribution is 6.19. The third-order valence-electron chi connectivity index (χ3n) is 7.58. The largest absolute Gasteiger partial charge is 0.289 e. The number of benzene rings is 6. The summed E-state index contributed by atoms with van der Waals surface area (Å²) in [5, 5.41) is 0. The van der Waals surface area contributed by atoms with E-state index in [2.05, 4.69) is 0 Å². The minimum absolute atomic E-state index is 0.0727. The molecule has 0 aliphatic rings. The van der Waals surface area contributed by atoms with E-state index in [0.717, 1.165) is 0 Å². The van der Waals surface area contributed by atoms with Crippen molar-refractivity contribution in [1.29, 1.82) is 0 Å². The summed E-state index contributed by atoms with van der Waals surface area (Å²) in [7, 11) is 0. The molecule has 0 unspecified atom stereocenters. The SMILES string of the molecule is O=C(c1ccccc1)c1cc(C(=O)c2ccccc2)cc(C(=O)c2cc(C(=O)c3ccccc3)cc(C(=O)c3ccccc3)c2)c1. The fourth-order valence-electron chi connectivity index (χ4n) is 5.23. The lowest BCUT2D eigenvalue weighted by atomic mass is 9.89. The molecule has 6 aromatic carbocycles. The summed E-state index contributed by atoms with van der Waals surface area (Å²) >= 11 is 0. The minimum atomic E-state index is -0.547. The predicted molar refractivity (Wildman–Crippen MR) is 176 cm³/mol. The molecule has 5 heteroatoms. The first-order chi connectivity index (χ1) is 22.4. The summed E-state index contributed by atoms with van der Waals surface area (Å²) in [5.41, 5.74) is 2.39. The maximum Gasteiger partial charge on any atom is 0.193 e. The van der Waals surface area contributed by atoms with Crippen LogP contribution in [0.25, 0.3) is 0 Å². The Morgan fingerprint density at radius 1 is 0.217 bits per heavy atom. The Kier molecular flexibility index (Phi) is 8.48. The fourth-order valence-corrected chi connectivity index (χ4v) is 5.23. The highest BCUT2D eigenvalue weighted by atomic mass is 16.1. The zero-order chi connectivity index (χ0) is 32.0. The molecule has 46 heavy (non-hydrogen) atoms. The van der Waals surface area contributed by atoms with Crippen molar-refractivity contribution >= 4 is 28.9 Å². The van der Waals surface area contributed by atoms with Gasteiger partial charge in [0.05, 0.1) is 0 Å². The van der Waals surface area contributed by atoms with Crippen LogP contribution < -0.4 is 0 Å². The Labute approximate surface area is 265 Å². The van der Waals surface area contributed by atoms with Crippen molar-refractivity contribution in [3.8, 4) is 0 Å². The van der Waals surface area contributed by atoms with Crippen LogP contribution in [0.4, 0.5) is 0 Å². The van der Waals surface area contributed by atoms with Gasteiger partial charge in [0.2, 0.25) is 0 Å². The number of carbonyl (C=O) groups excluding carboxylic acids is 5. The molecular formula is C41H26O5. The van der Waals surface area contributed by atoms with Crippen LogP contribution in [-0.2, 0) is 0 Å². The Hall–Kier alpha value is -6.33. The molecule has 0 saturated carbocycles. The normalized spacial score (nSPS) is 10.6. The Morgan fingerprint density at radius 2 is 0.370 bits per heavy atom. The van der Waals surface area contributed by atoms with Crippen molar-refractivity contribution in [2.75, 3.05) is 0 Å². The third-order valence-corrected chi connectivity index (χ3v) is 7.58. The van der Waals surface area contributed by atoms with Crippen LogP contribution in [0.1, 0.15) is 79.6 Å². The topological polar surface area (TPSA) is 85.3 Å². The van der Waals surface area contributed by atoms with Crippen molar-refractivity contribution in [1.82, 2.24) is 0 Å². The van der Waals surface area contributed by atoms with E-state index in [-0.39, 0.29) is 56.5 Å². The minimum Gasteiger partial charge on any atom is -0.289 e. The zero-order valence-electron chi connectivity index (χ0n) is 24.6. The van der Waals surface area contributed by atoms with E-state index in [4.69, 9.17) is 0 Å². The van der Waals surface area contributed by atoms with Gasteiger partial charge in [-0.2, -0.15) is 0 Å². The number of hydrogen-bond donors (Lipinski definition) is 0. The van der Waals surface area contributed by atoms with E-state index >= 15 is 0 Å². The Morgan fingerprint density at radius 3 is 0.543 bits per heavy atom. The van der Waals surface area contributed by atoms with Crippen molar-refractivity contribution in [2.24, 2.45) is 0 Å². The zero-order valence-corrected chi connectivity index (χ0v) is 24.6. The second-order valence-corrected chi connectivity index (χ2v) is 10.7. The van der Waals surface area contributed by atoms with Crippen LogP contribution in [0.5, 0.6) is 0 Å². The summed E-state index contributed by atoms with van der Waals surface area (Å²) in [6.45, 7) is 0. The maximum absolute atomic E-state index is 14.2. The van der Waals surface area contributed by atoms with E-state index in [1.54, 1.807) is 121 Å². The molecule has 0 amide bonds. The van der Waals surface area contributed by atoms with Crippen molar-refractivity contribution in [3.63, 3.8) is 0 Å². The quantitative estimate of drug-likeness (QED) is 0.150. The molecule has 6 aromatic rings. The first-order valence-corrected chi connectivity index (χ1v) is 14.6. The molecule has 6 rings (SSSR count). The van der Waals surface area contributed by atoms with Gasteiger partial charge in [0.1, 0.15) is 0 Å². The van der Waals surface area contributed by atoms with E-state index in [1.807, 2.05) is 0 Å². The second-order valence-electron chi connectivity index (χ2n) is 10.7. The van der Waals surface area contributed by atoms with Crippen LogP contribution in [0, 0.1) is 0 Å². The van der Waals surface area contributed by atoms with Crippen molar-refractivity contribution < 1.29 is 24.0 Å². The van der Waals surface area contributed by atoms with Gasteiger partial charge in [-0.05, 0) is 36.4 Å². The maximum atomic E-state index is 14.2. The summed E-state index contributed by atoms with van der Waals surface area (Å²) in [4.78, 5) is 68.5. The highest BCUT2D eigenvalue weighted by Gasteiger charge is 2.22. The van der Waals surface area contributed by atoms with E-state index in [1.165, 1.54) is 36.4 Å². The standard InChI is InChI=1S/C41H26O5/c42-37(27-13-5-1-6-14-27)31-21-32(38(43)28-15-7-2-8-16-28)24-35(23-31)41(46)36-25-33(39(44)29-17-9-3-10-18-29)22-34(26-36)40(45)30-19-11-4-12-20-30/h1-26H. The molecule has 0 saturated heterocycles. The van der Waals surface area contributed by atoms with Gasteiger partial charge in [0, 0.05) is 55.6 Å². The highest BCUT2D eigenvalue weighted by Crippen LogP contribution is 2.24. The number of hydrogen-bond acceptors (Lipinski definition) is 5. The molecule has 0 atom stereocenters. The van der Waals surface area contributed by atoms with Gasteiger partial charge in [-0.3, -0.25) is 24.0 Å². The molecule has 0 aliphatic heterocycles. The van der Waals surface area contributed by atoms with Gasteiger partial charge in [-0.15, -0.1) is 0 Å². The van der Waals surface area contributed by atoms with E-state index in [9.17, 15) is 24.0 Å². The summed E-state index contributed by atoms with van der Waals surface area (Å²) in [5.74, 6) is -1.97. The summed E-state index contributed by atoms with van der Waals surface area (Å²) in [6, 6.07) is 43.1. The van der Waals surface area contributed by atoms with Crippen molar-refractivity contribution in [2.45, 2.75) is 0 Å². The van der Waals surface area contributed by atoms with Gasteiger partial charge in [-0.1, -0.05) is 121 Å². The number of rotatable bonds is 10. The lowest BCUT2D eigenvalue weighted by Gasteiger charge is -2.12. The van der Waals surface area contributed by atoms with Crippen molar-refractivity contribution in [3.05, 3.63) is 213 Å². The summed E-state index contributed by atoms with van der Waals surface area (Å²) in [6.07, 6.45) is 0. The first-order valence-electron chi connectivity index (χ1n) is 14.6.